The number of fused-ring (bicyclic) bond motifs is 1. The molecule has 2 atom stereocenters. The maximum atomic E-state index is 12.9. The SMILES string of the molecule is CN1CCC[C@]2(CO)CCN(c3ncc(F)cn3)C[C@@H]12. The van der Waals surface area contributed by atoms with E-state index in [2.05, 4.69) is 26.8 Å². The monoisotopic (exact) mass is 280 g/mol. The minimum atomic E-state index is -0.412. The summed E-state index contributed by atoms with van der Waals surface area (Å²) in [6, 6.07) is 0.309. The van der Waals surface area contributed by atoms with Gasteiger partial charge in [-0.3, -0.25) is 0 Å². The van der Waals surface area contributed by atoms with Crippen molar-refractivity contribution < 1.29 is 9.50 Å². The van der Waals surface area contributed by atoms with Gasteiger partial charge >= 0.3 is 0 Å². The van der Waals surface area contributed by atoms with E-state index in [9.17, 15) is 9.50 Å². The van der Waals surface area contributed by atoms with Crippen LogP contribution in [0.25, 0.3) is 0 Å². The summed E-state index contributed by atoms with van der Waals surface area (Å²) in [5.41, 5.74) is 0.00350. The summed E-state index contributed by atoms with van der Waals surface area (Å²) >= 11 is 0. The van der Waals surface area contributed by atoms with Crippen LogP contribution in [0.15, 0.2) is 12.4 Å². The molecule has 1 aromatic rings. The molecular formula is C14H21FN4O. The molecule has 3 heterocycles. The first-order valence-electron chi connectivity index (χ1n) is 7.18. The lowest BCUT2D eigenvalue weighted by molar-refractivity contribution is -0.0278. The van der Waals surface area contributed by atoms with E-state index in [1.807, 2.05) is 0 Å². The average molecular weight is 280 g/mol. The van der Waals surface area contributed by atoms with Gasteiger partial charge in [0.05, 0.1) is 19.0 Å². The van der Waals surface area contributed by atoms with E-state index >= 15 is 0 Å². The first-order valence-corrected chi connectivity index (χ1v) is 7.18. The van der Waals surface area contributed by atoms with E-state index in [4.69, 9.17) is 0 Å². The van der Waals surface area contributed by atoms with Gasteiger partial charge < -0.3 is 14.9 Å². The number of rotatable bonds is 2. The number of likely N-dealkylation sites (tertiary alicyclic amines) is 1. The molecule has 5 nitrogen and oxygen atoms in total. The van der Waals surface area contributed by atoms with Gasteiger partial charge in [-0.2, -0.15) is 0 Å². The van der Waals surface area contributed by atoms with Crippen LogP contribution >= 0.6 is 0 Å². The van der Waals surface area contributed by atoms with Crippen LogP contribution in [0, 0.1) is 11.2 Å². The maximum Gasteiger partial charge on any atom is 0.225 e. The Balaban J connectivity index is 1.81. The summed E-state index contributed by atoms with van der Waals surface area (Å²) in [5, 5.41) is 9.86. The summed E-state index contributed by atoms with van der Waals surface area (Å²) < 4.78 is 12.9. The van der Waals surface area contributed by atoms with E-state index in [-0.39, 0.29) is 12.0 Å². The van der Waals surface area contributed by atoms with Crippen LogP contribution in [-0.4, -0.2) is 59.3 Å². The third-order valence-corrected chi connectivity index (χ3v) is 4.90. The van der Waals surface area contributed by atoms with Crippen molar-refractivity contribution in [3.05, 3.63) is 18.2 Å². The van der Waals surface area contributed by atoms with Crippen LogP contribution in [0.5, 0.6) is 0 Å². The third kappa shape index (κ3) is 2.27. The van der Waals surface area contributed by atoms with Gasteiger partial charge in [-0.15, -0.1) is 0 Å². The Morgan fingerprint density at radius 2 is 2.10 bits per heavy atom. The summed E-state index contributed by atoms with van der Waals surface area (Å²) in [6.07, 6.45) is 5.57. The number of halogens is 1. The Morgan fingerprint density at radius 3 is 2.80 bits per heavy atom. The average Bonchev–Trinajstić information content (AvgIpc) is 2.48. The van der Waals surface area contributed by atoms with Gasteiger partial charge in [0.15, 0.2) is 5.82 Å². The molecule has 1 N–H and O–H groups in total. The largest absolute Gasteiger partial charge is 0.396 e. The van der Waals surface area contributed by atoms with Crippen molar-refractivity contribution in [1.29, 1.82) is 0 Å². The second kappa shape index (κ2) is 5.26. The molecular weight excluding hydrogens is 259 g/mol. The van der Waals surface area contributed by atoms with Gasteiger partial charge in [0, 0.05) is 24.5 Å². The first kappa shape index (κ1) is 13.7. The van der Waals surface area contributed by atoms with Crippen molar-refractivity contribution in [2.45, 2.75) is 25.3 Å². The van der Waals surface area contributed by atoms with Gasteiger partial charge in [-0.05, 0) is 32.9 Å². The predicted octanol–water partition coefficient (Wildman–Crippen LogP) is 0.899. The second-order valence-electron chi connectivity index (χ2n) is 6.02. The summed E-state index contributed by atoms with van der Waals surface area (Å²) in [4.78, 5) is 12.6. The molecule has 0 unspecified atom stereocenters. The number of anilines is 1. The highest BCUT2D eigenvalue weighted by Gasteiger charge is 2.46. The van der Waals surface area contributed by atoms with Gasteiger partial charge in [-0.1, -0.05) is 0 Å². The number of likely N-dealkylation sites (N-methyl/N-ethyl adjacent to an activating group) is 1. The van der Waals surface area contributed by atoms with Crippen LogP contribution in [0.2, 0.25) is 0 Å². The summed E-state index contributed by atoms with van der Waals surface area (Å²) in [6.45, 7) is 2.91. The molecule has 2 aliphatic heterocycles. The molecule has 0 aromatic carbocycles. The van der Waals surface area contributed by atoms with Gasteiger partial charge in [0.25, 0.3) is 0 Å². The molecule has 2 saturated heterocycles. The molecule has 6 heteroatoms. The number of hydrogen-bond donors (Lipinski definition) is 1. The summed E-state index contributed by atoms with van der Waals surface area (Å²) in [7, 11) is 2.11. The highest BCUT2D eigenvalue weighted by Crippen LogP contribution is 2.41. The van der Waals surface area contributed by atoms with Crippen molar-refractivity contribution >= 4 is 5.95 Å². The minimum Gasteiger partial charge on any atom is -0.396 e. The highest BCUT2D eigenvalue weighted by molar-refractivity contribution is 5.31. The zero-order chi connectivity index (χ0) is 14.2. The Hall–Kier alpha value is -1.27. The normalized spacial score (nSPS) is 31.1. The summed E-state index contributed by atoms with van der Waals surface area (Å²) in [5.74, 6) is 0.169. The molecule has 20 heavy (non-hydrogen) atoms. The van der Waals surface area contributed by atoms with Gasteiger partial charge in [-0.25, -0.2) is 14.4 Å². The molecule has 0 saturated carbocycles. The number of aliphatic hydroxyl groups excluding tert-OH is 1. The topological polar surface area (TPSA) is 52.5 Å². The van der Waals surface area contributed by atoms with Crippen LogP contribution < -0.4 is 4.90 Å². The van der Waals surface area contributed by atoms with Crippen molar-refractivity contribution in [1.82, 2.24) is 14.9 Å². The van der Waals surface area contributed by atoms with Gasteiger partial charge in [0.1, 0.15) is 0 Å². The van der Waals surface area contributed by atoms with Crippen LogP contribution in [-0.2, 0) is 0 Å². The Morgan fingerprint density at radius 1 is 1.35 bits per heavy atom. The number of aliphatic hydroxyl groups is 1. The van der Waals surface area contributed by atoms with Crippen molar-refractivity contribution in [2.24, 2.45) is 5.41 Å². The lowest BCUT2D eigenvalue weighted by Crippen LogP contribution is -2.61. The fourth-order valence-corrected chi connectivity index (χ4v) is 3.67. The van der Waals surface area contributed by atoms with Crippen LogP contribution in [0.1, 0.15) is 19.3 Å². The quantitative estimate of drug-likeness (QED) is 0.872. The maximum absolute atomic E-state index is 12.9. The molecule has 0 spiro atoms. The van der Waals surface area contributed by atoms with E-state index in [1.165, 1.54) is 12.4 Å². The van der Waals surface area contributed by atoms with Crippen LogP contribution in [0.3, 0.4) is 0 Å². The molecule has 0 bridgehead atoms. The molecule has 2 fully saturated rings. The standard InChI is InChI=1S/C14H21FN4O/c1-18-5-2-3-14(10-20)4-6-19(9-12(14)18)13-16-7-11(15)8-17-13/h7-8,12,20H,2-6,9-10H2,1H3/t12-,14-/m1/s1. The molecule has 110 valence electrons. The van der Waals surface area contributed by atoms with E-state index in [0.717, 1.165) is 38.9 Å². The molecule has 2 aliphatic rings. The van der Waals surface area contributed by atoms with Crippen molar-refractivity contribution in [3.8, 4) is 0 Å². The number of hydrogen-bond acceptors (Lipinski definition) is 5. The molecule has 0 aliphatic carbocycles. The molecule has 3 rings (SSSR count). The Bertz CT molecular complexity index is 469. The molecule has 1 aromatic heterocycles. The Labute approximate surface area is 118 Å². The number of aromatic nitrogens is 2. The molecule has 0 radical (unpaired) electrons. The smallest absolute Gasteiger partial charge is 0.225 e. The zero-order valence-corrected chi connectivity index (χ0v) is 11.8. The number of nitrogens with zero attached hydrogens (tertiary/aromatic N) is 4. The first-order chi connectivity index (χ1) is 9.64. The fraction of sp³-hybridized carbons (Fsp3) is 0.714. The van der Waals surface area contributed by atoms with Crippen molar-refractivity contribution in [2.75, 3.05) is 38.2 Å². The minimum absolute atomic E-state index is 0.00350. The lowest BCUT2D eigenvalue weighted by atomic mass is 9.69. The predicted molar refractivity (Wildman–Crippen MR) is 74.0 cm³/mol. The van der Waals surface area contributed by atoms with Gasteiger partial charge in [0.2, 0.25) is 5.95 Å². The van der Waals surface area contributed by atoms with Crippen molar-refractivity contribution in [3.63, 3.8) is 0 Å². The fourth-order valence-electron chi connectivity index (χ4n) is 3.67. The lowest BCUT2D eigenvalue weighted by Gasteiger charge is -2.53. The van der Waals surface area contributed by atoms with E-state index in [0.29, 0.717) is 12.0 Å². The zero-order valence-electron chi connectivity index (χ0n) is 11.8. The number of piperidine rings is 2. The highest BCUT2D eigenvalue weighted by atomic mass is 19.1. The molecule has 0 amide bonds. The second-order valence-corrected chi connectivity index (χ2v) is 6.02. The van der Waals surface area contributed by atoms with Crippen LogP contribution in [0.4, 0.5) is 10.3 Å². The van der Waals surface area contributed by atoms with E-state index < -0.39 is 5.82 Å². The third-order valence-electron chi connectivity index (χ3n) is 4.90. The van der Waals surface area contributed by atoms with E-state index in [1.54, 1.807) is 0 Å². The Kier molecular flexibility index (Phi) is 3.60.